The highest BCUT2D eigenvalue weighted by Gasteiger charge is 2.25. The van der Waals surface area contributed by atoms with Gasteiger partial charge in [0.05, 0.1) is 13.7 Å². The molecule has 108 valence electrons. The van der Waals surface area contributed by atoms with E-state index in [1.54, 1.807) is 0 Å². The van der Waals surface area contributed by atoms with E-state index in [2.05, 4.69) is 26.0 Å². The number of rotatable bonds is 4. The Morgan fingerprint density at radius 3 is 3.00 bits per heavy atom. The first-order chi connectivity index (χ1) is 9.58. The van der Waals surface area contributed by atoms with Crippen LogP contribution in [0, 0.1) is 0 Å². The van der Waals surface area contributed by atoms with Crippen molar-refractivity contribution in [3.63, 3.8) is 0 Å². The van der Waals surface area contributed by atoms with Crippen molar-refractivity contribution in [1.29, 1.82) is 0 Å². The standard InChI is InChI=1S/C14H17BrN2O3/c1-20-14(19)16-12-5-6-17(8-12)9-13(18)10-3-2-4-11(15)7-10/h2-4,7,12H,5-6,8-9H2,1H3,(H,16,19). The molecule has 1 aromatic carbocycles. The van der Waals surface area contributed by atoms with Crippen LogP contribution in [0.5, 0.6) is 0 Å². The minimum atomic E-state index is -0.421. The Morgan fingerprint density at radius 2 is 2.30 bits per heavy atom. The van der Waals surface area contributed by atoms with Crippen molar-refractivity contribution in [3.8, 4) is 0 Å². The van der Waals surface area contributed by atoms with Crippen LogP contribution < -0.4 is 5.32 Å². The number of amides is 1. The lowest BCUT2D eigenvalue weighted by Crippen LogP contribution is -2.37. The van der Waals surface area contributed by atoms with Crippen LogP contribution in [0.1, 0.15) is 16.8 Å². The molecule has 1 heterocycles. The van der Waals surface area contributed by atoms with Gasteiger partial charge >= 0.3 is 6.09 Å². The molecular formula is C14H17BrN2O3. The number of likely N-dealkylation sites (tertiary alicyclic amines) is 1. The van der Waals surface area contributed by atoms with Crippen LogP contribution in [0.15, 0.2) is 28.7 Å². The molecular weight excluding hydrogens is 324 g/mol. The number of ketones is 1. The van der Waals surface area contributed by atoms with Crippen LogP contribution in [0.4, 0.5) is 4.79 Å². The number of nitrogens with one attached hydrogen (secondary N) is 1. The van der Waals surface area contributed by atoms with Crippen LogP contribution in [0.2, 0.25) is 0 Å². The molecule has 0 aliphatic carbocycles. The van der Waals surface area contributed by atoms with Crippen molar-refractivity contribution in [2.75, 3.05) is 26.7 Å². The maximum atomic E-state index is 12.2. The molecule has 0 bridgehead atoms. The molecule has 1 saturated heterocycles. The molecule has 20 heavy (non-hydrogen) atoms. The van der Waals surface area contributed by atoms with Gasteiger partial charge in [-0.25, -0.2) is 4.79 Å². The largest absolute Gasteiger partial charge is 0.453 e. The molecule has 0 saturated carbocycles. The lowest BCUT2D eigenvalue weighted by atomic mass is 10.1. The molecule has 0 spiro atoms. The second kappa shape index (κ2) is 6.85. The van der Waals surface area contributed by atoms with Gasteiger partial charge in [-0.2, -0.15) is 0 Å². The normalized spacial score (nSPS) is 18.8. The molecule has 1 atom stereocenters. The number of Topliss-reactive ketones (excluding diaryl/α,β-unsaturated/α-hetero) is 1. The van der Waals surface area contributed by atoms with E-state index in [1.165, 1.54) is 7.11 Å². The Morgan fingerprint density at radius 1 is 1.50 bits per heavy atom. The van der Waals surface area contributed by atoms with Crippen LogP contribution in [-0.4, -0.2) is 49.6 Å². The van der Waals surface area contributed by atoms with Crippen LogP contribution in [0.25, 0.3) is 0 Å². The van der Waals surface area contributed by atoms with Gasteiger partial charge in [-0.3, -0.25) is 9.69 Å². The molecule has 0 aromatic heterocycles. The van der Waals surface area contributed by atoms with E-state index in [0.29, 0.717) is 18.7 Å². The summed E-state index contributed by atoms with van der Waals surface area (Å²) < 4.78 is 5.47. The number of ether oxygens (including phenoxy) is 1. The molecule has 1 fully saturated rings. The molecule has 1 unspecified atom stereocenters. The fraction of sp³-hybridized carbons (Fsp3) is 0.429. The van der Waals surface area contributed by atoms with Crippen molar-refractivity contribution < 1.29 is 14.3 Å². The summed E-state index contributed by atoms with van der Waals surface area (Å²) in [6.45, 7) is 1.85. The van der Waals surface area contributed by atoms with E-state index in [4.69, 9.17) is 0 Å². The second-order valence-electron chi connectivity index (χ2n) is 4.79. The number of carbonyl (C=O) groups is 2. The van der Waals surface area contributed by atoms with Crippen LogP contribution >= 0.6 is 15.9 Å². The van der Waals surface area contributed by atoms with Gasteiger partial charge in [0.1, 0.15) is 0 Å². The van der Waals surface area contributed by atoms with Crippen molar-refractivity contribution in [1.82, 2.24) is 10.2 Å². The fourth-order valence-electron chi connectivity index (χ4n) is 2.28. The maximum absolute atomic E-state index is 12.2. The summed E-state index contributed by atoms with van der Waals surface area (Å²) >= 11 is 3.36. The Labute approximate surface area is 126 Å². The summed E-state index contributed by atoms with van der Waals surface area (Å²) in [6, 6.07) is 7.43. The average molecular weight is 341 g/mol. The molecule has 1 amide bonds. The minimum absolute atomic E-state index is 0.0535. The Balaban J connectivity index is 1.86. The summed E-state index contributed by atoms with van der Waals surface area (Å²) in [4.78, 5) is 25.3. The Bertz CT molecular complexity index is 507. The predicted molar refractivity (Wildman–Crippen MR) is 78.9 cm³/mol. The fourth-order valence-corrected chi connectivity index (χ4v) is 2.68. The summed E-state index contributed by atoms with van der Waals surface area (Å²) in [5.74, 6) is 0.0880. The quantitative estimate of drug-likeness (QED) is 0.852. The molecule has 1 aliphatic rings. The van der Waals surface area contributed by atoms with E-state index in [1.807, 2.05) is 29.2 Å². The molecule has 2 rings (SSSR count). The first kappa shape index (κ1) is 15.0. The third-order valence-corrected chi connectivity index (χ3v) is 3.79. The highest BCUT2D eigenvalue weighted by molar-refractivity contribution is 9.10. The van der Waals surface area contributed by atoms with E-state index in [0.717, 1.165) is 17.4 Å². The lowest BCUT2D eigenvalue weighted by Gasteiger charge is -2.15. The first-order valence-corrected chi connectivity index (χ1v) is 7.23. The zero-order valence-electron chi connectivity index (χ0n) is 11.3. The Hall–Kier alpha value is -1.40. The van der Waals surface area contributed by atoms with Gasteiger partial charge in [0.25, 0.3) is 0 Å². The Kier molecular flexibility index (Phi) is 5.14. The van der Waals surface area contributed by atoms with E-state index in [9.17, 15) is 9.59 Å². The highest BCUT2D eigenvalue weighted by atomic mass is 79.9. The van der Waals surface area contributed by atoms with Crippen molar-refractivity contribution in [3.05, 3.63) is 34.3 Å². The number of methoxy groups -OCH3 is 1. The number of hydrogen-bond donors (Lipinski definition) is 1. The second-order valence-corrected chi connectivity index (χ2v) is 5.71. The highest BCUT2D eigenvalue weighted by Crippen LogP contribution is 2.14. The van der Waals surface area contributed by atoms with Crippen LogP contribution in [-0.2, 0) is 4.74 Å². The number of carbonyl (C=O) groups excluding carboxylic acids is 2. The molecule has 0 radical (unpaired) electrons. The molecule has 6 heteroatoms. The van der Waals surface area contributed by atoms with Crippen molar-refractivity contribution in [2.45, 2.75) is 12.5 Å². The molecule has 1 N–H and O–H groups in total. The molecule has 1 aliphatic heterocycles. The minimum Gasteiger partial charge on any atom is -0.453 e. The smallest absolute Gasteiger partial charge is 0.407 e. The predicted octanol–water partition coefficient (Wildman–Crippen LogP) is 2.06. The van der Waals surface area contributed by atoms with Gasteiger partial charge in [-0.05, 0) is 18.6 Å². The number of nitrogens with zero attached hydrogens (tertiary/aromatic N) is 1. The van der Waals surface area contributed by atoms with Crippen molar-refractivity contribution >= 4 is 27.8 Å². The summed E-state index contributed by atoms with van der Waals surface area (Å²) in [6.07, 6.45) is 0.413. The van der Waals surface area contributed by atoms with Gasteiger partial charge in [-0.15, -0.1) is 0 Å². The first-order valence-electron chi connectivity index (χ1n) is 6.44. The van der Waals surface area contributed by atoms with E-state index >= 15 is 0 Å². The van der Waals surface area contributed by atoms with Gasteiger partial charge in [0.15, 0.2) is 5.78 Å². The van der Waals surface area contributed by atoms with Gasteiger partial charge in [0.2, 0.25) is 0 Å². The number of hydrogen-bond acceptors (Lipinski definition) is 4. The van der Waals surface area contributed by atoms with E-state index < -0.39 is 6.09 Å². The molecule has 5 nitrogen and oxygen atoms in total. The monoisotopic (exact) mass is 340 g/mol. The number of alkyl carbamates (subject to hydrolysis) is 1. The summed E-state index contributed by atoms with van der Waals surface area (Å²) in [7, 11) is 1.35. The summed E-state index contributed by atoms with van der Waals surface area (Å²) in [5, 5.41) is 2.76. The lowest BCUT2D eigenvalue weighted by molar-refractivity contribution is 0.0944. The number of halogens is 1. The topological polar surface area (TPSA) is 58.6 Å². The zero-order chi connectivity index (χ0) is 14.5. The van der Waals surface area contributed by atoms with Gasteiger partial charge in [0, 0.05) is 29.2 Å². The van der Waals surface area contributed by atoms with E-state index in [-0.39, 0.29) is 11.8 Å². The van der Waals surface area contributed by atoms with Crippen LogP contribution in [0.3, 0.4) is 0 Å². The van der Waals surface area contributed by atoms with Gasteiger partial charge < -0.3 is 10.1 Å². The third kappa shape index (κ3) is 4.05. The molecule has 1 aromatic rings. The maximum Gasteiger partial charge on any atom is 0.407 e. The third-order valence-electron chi connectivity index (χ3n) is 3.29. The van der Waals surface area contributed by atoms with Gasteiger partial charge in [-0.1, -0.05) is 28.1 Å². The summed E-state index contributed by atoms with van der Waals surface area (Å²) in [5.41, 5.74) is 0.698. The van der Waals surface area contributed by atoms with Crippen molar-refractivity contribution in [2.24, 2.45) is 0 Å². The SMILES string of the molecule is COC(=O)NC1CCN(CC(=O)c2cccc(Br)c2)C1. The zero-order valence-corrected chi connectivity index (χ0v) is 12.9. The number of benzene rings is 1. The average Bonchev–Trinajstić information content (AvgIpc) is 2.85.